The Balaban J connectivity index is 1.97. The maximum Gasteiger partial charge on any atom is 0.335 e. The highest BCUT2D eigenvalue weighted by atomic mass is 32.2. The lowest BCUT2D eigenvalue weighted by Crippen LogP contribution is -2.29. The van der Waals surface area contributed by atoms with Crippen molar-refractivity contribution in [3.8, 4) is 0 Å². The molecule has 146 valence electrons. The zero-order valence-electron chi connectivity index (χ0n) is 15.0. The number of carboxylic acid groups (broad SMARTS) is 1. The summed E-state index contributed by atoms with van der Waals surface area (Å²) < 4.78 is 0. The first-order valence-electron chi connectivity index (χ1n) is 8.38. The lowest BCUT2D eigenvalue weighted by molar-refractivity contribution is -0.385. The Bertz CT molecular complexity index is 1060. The van der Waals surface area contributed by atoms with Gasteiger partial charge in [0.15, 0.2) is 5.17 Å². The van der Waals surface area contributed by atoms with Crippen molar-refractivity contribution in [3.05, 3.63) is 87.3 Å². The van der Waals surface area contributed by atoms with Gasteiger partial charge in [0.1, 0.15) is 0 Å². The van der Waals surface area contributed by atoms with Crippen molar-refractivity contribution in [1.82, 2.24) is 4.90 Å². The van der Waals surface area contributed by atoms with E-state index in [0.29, 0.717) is 21.3 Å². The molecule has 29 heavy (non-hydrogen) atoms. The summed E-state index contributed by atoms with van der Waals surface area (Å²) in [6.07, 6.45) is 3.02. The number of aliphatic imine (C=N–C) groups is 1. The normalized spacial score (nSPS) is 16.4. The summed E-state index contributed by atoms with van der Waals surface area (Å²) in [5.74, 6) is -1.38. The van der Waals surface area contributed by atoms with Crippen LogP contribution in [0.4, 0.5) is 11.4 Å². The van der Waals surface area contributed by atoms with Crippen LogP contribution in [-0.4, -0.2) is 38.5 Å². The predicted octanol–water partition coefficient (Wildman–Crippen LogP) is 4.08. The second kappa shape index (κ2) is 8.53. The number of carboxylic acids is 1. The second-order valence-corrected chi connectivity index (χ2v) is 6.89. The fraction of sp³-hybridized carbons (Fsp3) is 0.0500. The van der Waals surface area contributed by atoms with Gasteiger partial charge in [-0.2, -0.15) is 0 Å². The summed E-state index contributed by atoms with van der Waals surface area (Å²) in [5.41, 5.74) is 0.826. The highest BCUT2D eigenvalue weighted by Gasteiger charge is 2.33. The van der Waals surface area contributed by atoms with Gasteiger partial charge in [-0.05, 0) is 48.2 Å². The number of nitrogens with zero attached hydrogens (tertiary/aromatic N) is 3. The van der Waals surface area contributed by atoms with Gasteiger partial charge in [0.2, 0.25) is 0 Å². The van der Waals surface area contributed by atoms with E-state index in [2.05, 4.69) is 11.6 Å². The fourth-order valence-corrected chi connectivity index (χ4v) is 3.59. The molecule has 0 atom stereocenters. The van der Waals surface area contributed by atoms with Gasteiger partial charge < -0.3 is 5.11 Å². The van der Waals surface area contributed by atoms with Crippen LogP contribution < -0.4 is 0 Å². The van der Waals surface area contributed by atoms with E-state index in [1.54, 1.807) is 24.3 Å². The first-order valence-corrected chi connectivity index (χ1v) is 9.20. The number of hydrogen-bond acceptors (Lipinski definition) is 6. The van der Waals surface area contributed by atoms with Gasteiger partial charge in [-0.3, -0.25) is 19.8 Å². The van der Waals surface area contributed by atoms with Crippen molar-refractivity contribution >= 4 is 46.3 Å². The monoisotopic (exact) mass is 409 g/mol. The highest BCUT2D eigenvalue weighted by molar-refractivity contribution is 8.18. The molecule has 0 saturated carbocycles. The molecule has 2 aromatic rings. The number of rotatable bonds is 6. The molecule has 0 aliphatic carbocycles. The Labute approximate surface area is 170 Å². The fourth-order valence-electron chi connectivity index (χ4n) is 2.59. The number of benzene rings is 2. The van der Waals surface area contributed by atoms with Gasteiger partial charge in [-0.15, -0.1) is 6.58 Å². The molecule has 1 fully saturated rings. The van der Waals surface area contributed by atoms with Crippen molar-refractivity contribution in [2.75, 3.05) is 6.54 Å². The summed E-state index contributed by atoms with van der Waals surface area (Å²) in [5, 5.41) is 20.6. The van der Waals surface area contributed by atoms with Crippen LogP contribution in [0.2, 0.25) is 0 Å². The predicted molar refractivity (Wildman–Crippen MR) is 111 cm³/mol. The molecule has 9 heteroatoms. The van der Waals surface area contributed by atoms with E-state index in [9.17, 15) is 19.7 Å². The summed E-state index contributed by atoms with van der Waals surface area (Å²) >= 11 is 1.09. The van der Waals surface area contributed by atoms with E-state index >= 15 is 0 Å². The molecular formula is C20H15N3O5S. The topological polar surface area (TPSA) is 113 Å². The van der Waals surface area contributed by atoms with Crippen molar-refractivity contribution in [2.45, 2.75) is 0 Å². The standard InChI is InChI=1S/C20H15N3O5S/c1-2-11-22-18(24)17(12-14-5-3-4-6-16(14)23(27)28)29-20(22)21-15-9-7-13(8-10-15)19(25)26/h2-10,12H,1,11H2,(H,25,26)/b17-12-,21-20?. The van der Waals surface area contributed by atoms with Crippen LogP contribution in [0.1, 0.15) is 15.9 Å². The van der Waals surface area contributed by atoms with Gasteiger partial charge in [0.25, 0.3) is 11.6 Å². The van der Waals surface area contributed by atoms with E-state index < -0.39 is 10.9 Å². The van der Waals surface area contributed by atoms with Gasteiger partial charge in [0.05, 0.1) is 26.6 Å². The number of nitro benzene ring substituents is 1. The molecule has 0 aromatic heterocycles. The molecule has 0 bridgehead atoms. The molecule has 1 amide bonds. The molecule has 3 rings (SSSR count). The third-order valence-electron chi connectivity index (χ3n) is 3.96. The van der Waals surface area contributed by atoms with Crippen molar-refractivity contribution in [1.29, 1.82) is 0 Å². The minimum Gasteiger partial charge on any atom is -0.478 e. The van der Waals surface area contributed by atoms with Crippen LogP contribution in [0.3, 0.4) is 0 Å². The molecule has 0 spiro atoms. The molecule has 1 N–H and O–H groups in total. The number of amides is 1. The summed E-state index contributed by atoms with van der Waals surface area (Å²) in [4.78, 5) is 40.6. The van der Waals surface area contributed by atoms with Crippen LogP contribution in [0.15, 0.2) is 71.1 Å². The summed E-state index contributed by atoms with van der Waals surface area (Å²) in [6.45, 7) is 3.86. The van der Waals surface area contributed by atoms with Gasteiger partial charge in [-0.25, -0.2) is 9.79 Å². The number of thioether (sulfide) groups is 1. The minimum absolute atomic E-state index is 0.0988. The van der Waals surface area contributed by atoms with Gasteiger partial charge >= 0.3 is 5.97 Å². The Morgan fingerprint density at radius 1 is 1.24 bits per heavy atom. The maximum atomic E-state index is 12.8. The largest absolute Gasteiger partial charge is 0.478 e. The first kappa shape index (κ1) is 20.0. The number of carbonyl (C=O) groups excluding carboxylic acids is 1. The first-order chi connectivity index (χ1) is 13.9. The Morgan fingerprint density at radius 3 is 2.55 bits per heavy atom. The van der Waals surface area contributed by atoms with Crippen molar-refractivity contribution < 1.29 is 19.6 Å². The summed E-state index contributed by atoms with van der Waals surface area (Å²) in [7, 11) is 0. The molecule has 1 aliphatic heterocycles. The zero-order chi connectivity index (χ0) is 21.0. The van der Waals surface area contributed by atoms with E-state index in [1.165, 1.54) is 41.3 Å². The number of para-hydroxylation sites is 1. The number of amidine groups is 1. The average Bonchev–Trinajstić information content (AvgIpc) is 2.98. The Hall–Kier alpha value is -3.72. The molecular weight excluding hydrogens is 394 g/mol. The molecule has 1 saturated heterocycles. The Kier molecular flexibility index (Phi) is 5.89. The van der Waals surface area contributed by atoms with Crippen LogP contribution in [-0.2, 0) is 4.79 Å². The SMILES string of the molecule is C=CCN1C(=O)/C(=C/c2ccccc2[N+](=O)[O-])SC1=Nc1ccc(C(=O)O)cc1. The van der Waals surface area contributed by atoms with E-state index in [-0.39, 0.29) is 23.7 Å². The molecule has 2 aromatic carbocycles. The van der Waals surface area contributed by atoms with Crippen LogP contribution in [0, 0.1) is 10.1 Å². The number of hydrogen-bond donors (Lipinski definition) is 1. The number of carbonyl (C=O) groups is 2. The van der Waals surface area contributed by atoms with Crippen molar-refractivity contribution in [3.63, 3.8) is 0 Å². The van der Waals surface area contributed by atoms with Gasteiger partial charge in [0, 0.05) is 12.6 Å². The van der Waals surface area contributed by atoms with Crippen LogP contribution >= 0.6 is 11.8 Å². The third kappa shape index (κ3) is 4.41. The molecule has 1 heterocycles. The van der Waals surface area contributed by atoms with Crippen molar-refractivity contribution in [2.24, 2.45) is 4.99 Å². The average molecular weight is 409 g/mol. The second-order valence-electron chi connectivity index (χ2n) is 5.88. The van der Waals surface area contributed by atoms with E-state index in [4.69, 9.17) is 5.11 Å². The zero-order valence-corrected chi connectivity index (χ0v) is 15.8. The Morgan fingerprint density at radius 2 is 1.93 bits per heavy atom. The quantitative estimate of drug-likeness (QED) is 0.333. The molecule has 1 aliphatic rings. The maximum absolute atomic E-state index is 12.8. The van der Waals surface area contributed by atoms with Crippen LogP contribution in [0.5, 0.6) is 0 Å². The highest BCUT2D eigenvalue weighted by Crippen LogP contribution is 2.35. The summed E-state index contributed by atoms with van der Waals surface area (Å²) in [6, 6.07) is 12.1. The van der Waals surface area contributed by atoms with E-state index in [1.807, 2.05) is 0 Å². The smallest absolute Gasteiger partial charge is 0.335 e. The molecule has 0 unspecified atom stereocenters. The lowest BCUT2D eigenvalue weighted by Gasteiger charge is -2.12. The number of aromatic carboxylic acids is 1. The number of nitro groups is 1. The minimum atomic E-state index is -1.04. The third-order valence-corrected chi connectivity index (χ3v) is 4.97. The molecule has 8 nitrogen and oxygen atoms in total. The van der Waals surface area contributed by atoms with E-state index in [0.717, 1.165) is 11.8 Å². The lowest BCUT2D eigenvalue weighted by atomic mass is 10.1. The van der Waals surface area contributed by atoms with Gasteiger partial charge in [-0.1, -0.05) is 18.2 Å². The molecule has 0 radical (unpaired) electrons. The van der Waals surface area contributed by atoms with Crippen LogP contribution in [0.25, 0.3) is 6.08 Å².